The van der Waals surface area contributed by atoms with E-state index in [0.29, 0.717) is 11.3 Å². The summed E-state index contributed by atoms with van der Waals surface area (Å²) in [6.07, 6.45) is 4.81. The number of carbonyl (C=O) groups is 3. The van der Waals surface area contributed by atoms with Gasteiger partial charge in [-0.25, -0.2) is 0 Å². The smallest absolute Gasteiger partial charge is 0.247 e. The maximum atomic E-state index is 12.7. The molecule has 1 aromatic carbocycles. The predicted octanol–water partition coefficient (Wildman–Crippen LogP) is 1.73. The number of hydrogen-bond donors (Lipinski definition) is 1. The Morgan fingerprint density at radius 2 is 2.04 bits per heavy atom. The van der Waals surface area contributed by atoms with Crippen molar-refractivity contribution in [1.29, 1.82) is 0 Å². The Morgan fingerprint density at radius 3 is 2.76 bits per heavy atom. The molecule has 0 saturated heterocycles. The Morgan fingerprint density at radius 1 is 1.24 bits per heavy atom. The fraction of sp³-hybridized carbons (Fsp3) is 0.158. The number of anilines is 1. The lowest BCUT2D eigenvalue weighted by molar-refractivity contribution is -0.131. The molecule has 0 saturated carbocycles. The Bertz CT molecular complexity index is 833. The van der Waals surface area contributed by atoms with Gasteiger partial charge in [0.25, 0.3) is 0 Å². The Labute approximate surface area is 145 Å². The van der Waals surface area contributed by atoms with E-state index in [1.807, 2.05) is 0 Å². The minimum absolute atomic E-state index is 0.201. The molecule has 2 heterocycles. The molecule has 1 unspecified atom stereocenters. The second kappa shape index (κ2) is 7.09. The first-order valence-corrected chi connectivity index (χ1v) is 7.85. The fourth-order valence-corrected chi connectivity index (χ4v) is 2.80. The number of nitrogens with zero attached hydrogens (tertiary/aromatic N) is 2. The van der Waals surface area contributed by atoms with Crippen LogP contribution in [0, 0.1) is 5.92 Å². The molecule has 0 aliphatic carbocycles. The number of Topliss-reactive ketones (excluding diaryl/α,β-unsaturated/α-hetero) is 1. The number of ketones is 1. The summed E-state index contributed by atoms with van der Waals surface area (Å²) in [7, 11) is 0. The second-order valence-electron chi connectivity index (χ2n) is 5.63. The molecule has 1 aliphatic heterocycles. The van der Waals surface area contributed by atoms with Crippen molar-refractivity contribution in [3.63, 3.8) is 0 Å². The van der Waals surface area contributed by atoms with Crippen molar-refractivity contribution in [1.82, 2.24) is 10.3 Å². The summed E-state index contributed by atoms with van der Waals surface area (Å²) in [5.41, 5.74) is 1.66. The van der Waals surface area contributed by atoms with Crippen molar-refractivity contribution in [2.45, 2.75) is 6.54 Å². The van der Waals surface area contributed by atoms with Crippen LogP contribution < -0.4 is 10.2 Å². The van der Waals surface area contributed by atoms with Crippen LogP contribution in [0.2, 0.25) is 0 Å². The average Bonchev–Trinajstić information content (AvgIpc) is 2.64. The molecule has 2 aromatic rings. The molecule has 126 valence electrons. The number of carbonyl (C=O) groups excluding carboxylic acids is 3. The number of pyridine rings is 1. The molecular weight excluding hydrogens is 318 g/mol. The molecule has 1 atom stereocenters. The average molecular weight is 335 g/mol. The van der Waals surface area contributed by atoms with E-state index < -0.39 is 23.5 Å². The van der Waals surface area contributed by atoms with Crippen LogP contribution in [-0.4, -0.2) is 29.1 Å². The van der Waals surface area contributed by atoms with Crippen molar-refractivity contribution in [3.8, 4) is 0 Å². The Balaban J connectivity index is 1.85. The van der Waals surface area contributed by atoms with Gasteiger partial charge in [-0.3, -0.25) is 19.4 Å². The van der Waals surface area contributed by atoms with Crippen molar-refractivity contribution in [2.75, 3.05) is 11.4 Å². The van der Waals surface area contributed by atoms with Crippen LogP contribution >= 0.6 is 0 Å². The van der Waals surface area contributed by atoms with Crippen LogP contribution in [0.15, 0.2) is 61.4 Å². The summed E-state index contributed by atoms with van der Waals surface area (Å²) in [4.78, 5) is 43.3. The maximum Gasteiger partial charge on any atom is 0.247 e. The van der Waals surface area contributed by atoms with Gasteiger partial charge in [0.1, 0.15) is 0 Å². The molecule has 0 bridgehead atoms. The van der Waals surface area contributed by atoms with Gasteiger partial charge in [-0.2, -0.15) is 0 Å². The highest BCUT2D eigenvalue weighted by molar-refractivity contribution is 6.31. The van der Waals surface area contributed by atoms with Crippen LogP contribution in [-0.2, 0) is 16.1 Å². The predicted molar refractivity (Wildman–Crippen MR) is 92.9 cm³/mol. The van der Waals surface area contributed by atoms with E-state index in [0.717, 1.165) is 5.56 Å². The van der Waals surface area contributed by atoms with Gasteiger partial charge in [-0.15, -0.1) is 6.58 Å². The number of aromatic nitrogens is 1. The standard InChI is InChI=1S/C19H17N3O3/c1-2-10-22-15-8-4-3-7-14(15)17(23)16(19(22)25)18(24)21-12-13-6-5-9-20-11-13/h2-9,11,16H,1,10,12H2,(H,21,24). The quantitative estimate of drug-likeness (QED) is 0.667. The molecule has 25 heavy (non-hydrogen) atoms. The zero-order valence-electron chi connectivity index (χ0n) is 13.5. The van der Waals surface area contributed by atoms with E-state index in [1.54, 1.807) is 54.9 Å². The fourth-order valence-electron chi connectivity index (χ4n) is 2.80. The first-order chi connectivity index (χ1) is 12.1. The van der Waals surface area contributed by atoms with E-state index in [4.69, 9.17) is 0 Å². The van der Waals surface area contributed by atoms with Gasteiger partial charge in [-0.1, -0.05) is 24.3 Å². The third-order valence-electron chi connectivity index (χ3n) is 4.00. The zero-order chi connectivity index (χ0) is 17.8. The van der Waals surface area contributed by atoms with Crippen molar-refractivity contribution < 1.29 is 14.4 Å². The summed E-state index contributed by atoms with van der Waals surface area (Å²) >= 11 is 0. The SMILES string of the molecule is C=CCN1C(=O)C(C(=O)NCc2cccnc2)C(=O)c2ccccc21. The molecule has 1 N–H and O–H groups in total. The minimum Gasteiger partial charge on any atom is -0.351 e. The summed E-state index contributed by atoms with van der Waals surface area (Å²) < 4.78 is 0. The van der Waals surface area contributed by atoms with Gasteiger partial charge < -0.3 is 10.2 Å². The number of hydrogen-bond acceptors (Lipinski definition) is 4. The molecular formula is C19H17N3O3. The van der Waals surface area contributed by atoms with E-state index in [2.05, 4.69) is 16.9 Å². The molecule has 2 amide bonds. The number of rotatable bonds is 5. The highest BCUT2D eigenvalue weighted by atomic mass is 16.2. The Hall–Kier alpha value is -3.28. The van der Waals surface area contributed by atoms with E-state index in [1.165, 1.54) is 4.90 Å². The Kier molecular flexibility index (Phi) is 4.70. The summed E-state index contributed by atoms with van der Waals surface area (Å²) in [6.45, 7) is 4.07. The van der Waals surface area contributed by atoms with E-state index in [9.17, 15) is 14.4 Å². The number of para-hydroxylation sites is 1. The van der Waals surface area contributed by atoms with Crippen LogP contribution in [0.3, 0.4) is 0 Å². The topological polar surface area (TPSA) is 79.4 Å². The van der Waals surface area contributed by atoms with Crippen molar-refractivity contribution in [2.24, 2.45) is 5.92 Å². The first-order valence-electron chi connectivity index (χ1n) is 7.85. The molecule has 3 rings (SSSR count). The summed E-state index contributed by atoms with van der Waals surface area (Å²) in [6, 6.07) is 10.3. The second-order valence-corrected chi connectivity index (χ2v) is 5.63. The van der Waals surface area contributed by atoms with E-state index in [-0.39, 0.29) is 13.1 Å². The highest BCUT2D eigenvalue weighted by Crippen LogP contribution is 2.30. The maximum absolute atomic E-state index is 12.7. The third kappa shape index (κ3) is 3.19. The molecule has 0 radical (unpaired) electrons. The van der Waals surface area contributed by atoms with Crippen molar-refractivity contribution >= 4 is 23.3 Å². The van der Waals surface area contributed by atoms with Gasteiger partial charge in [0, 0.05) is 31.0 Å². The van der Waals surface area contributed by atoms with E-state index >= 15 is 0 Å². The third-order valence-corrected chi connectivity index (χ3v) is 4.00. The number of fused-ring (bicyclic) bond motifs is 1. The number of nitrogens with one attached hydrogen (secondary N) is 1. The van der Waals surface area contributed by atoms with Gasteiger partial charge in [0.05, 0.1) is 5.69 Å². The van der Waals surface area contributed by atoms with Crippen LogP contribution in [0.4, 0.5) is 5.69 Å². The number of benzene rings is 1. The van der Waals surface area contributed by atoms with Gasteiger partial charge in [0.15, 0.2) is 11.7 Å². The highest BCUT2D eigenvalue weighted by Gasteiger charge is 2.43. The normalized spacial score (nSPS) is 16.3. The molecule has 0 spiro atoms. The lowest BCUT2D eigenvalue weighted by Gasteiger charge is -2.31. The molecule has 6 nitrogen and oxygen atoms in total. The summed E-state index contributed by atoms with van der Waals surface area (Å²) in [5.74, 6) is -3.01. The number of amides is 2. The summed E-state index contributed by atoms with van der Waals surface area (Å²) in [5, 5.41) is 2.65. The lowest BCUT2D eigenvalue weighted by atomic mass is 9.89. The monoisotopic (exact) mass is 335 g/mol. The molecule has 1 aromatic heterocycles. The zero-order valence-corrected chi connectivity index (χ0v) is 13.5. The van der Waals surface area contributed by atoms with Gasteiger partial charge in [-0.05, 0) is 23.8 Å². The van der Waals surface area contributed by atoms with Crippen LogP contribution in [0.1, 0.15) is 15.9 Å². The van der Waals surface area contributed by atoms with Crippen LogP contribution in [0.5, 0.6) is 0 Å². The van der Waals surface area contributed by atoms with Crippen molar-refractivity contribution in [3.05, 3.63) is 72.6 Å². The molecule has 6 heteroatoms. The first kappa shape index (κ1) is 16.6. The molecule has 1 aliphatic rings. The molecule has 0 fully saturated rings. The minimum atomic E-state index is -1.38. The van der Waals surface area contributed by atoms with Crippen LogP contribution in [0.25, 0.3) is 0 Å². The lowest BCUT2D eigenvalue weighted by Crippen LogP contribution is -2.51. The van der Waals surface area contributed by atoms with Gasteiger partial charge in [0.2, 0.25) is 11.8 Å². The van der Waals surface area contributed by atoms with Gasteiger partial charge >= 0.3 is 0 Å². The largest absolute Gasteiger partial charge is 0.351 e.